The zero-order valence-electron chi connectivity index (χ0n) is 16.4. The molecule has 2 aliphatic rings. The molecule has 6 nitrogen and oxygen atoms in total. The molecule has 3 rings (SSSR count). The summed E-state index contributed by atoms with van der Waals surface area (Å²) in [4.78, 5) is 4.19. The van der Waals surface area contributed by atoms with Gasteiger partial charge in [0.05, 0.1) is 0 Å². The minimum Gasteiger partial charge on any atom is -0.356 e. The standard InChI is InChI=1S/C19H27F3N4O2S/c1-23-18(25-13-15-5-6-16-3-2-4-17(16)11-15)24-12-14-7-9-26(10-8-14)29(27,28)19(20,21)22/h5-6,11,14H,2-4,7-10,12-13H2,1H3,(H2,23,24,25). The first-order valence-corrected chi connectivity index (χ1v) is 11.3. The number of halogens is 3. The number of hydrogen-bond acceptors (Lipinski definition) is 3. The van der Waals surface area contributed by atoms with Gasteiger partial charge in [0.15, 0.2) is 5.96 Å². The van der Waals surface area contributed by atoms with Gasteiger partial charge in [-0.15, -0.1) is 0 Å². The van der Waals surface area contributed by atoms with Crippen molar-refractivity contribution in [1.29, 1.82) is 0 Å². The summed E-state index contributed by atoms with van der Waals surface area (Å²) in [6.45, 7) is 0.934. The minimum atomic E-state index is -5.23. The SMILES string of the molecule is CN=C(NCc1ccc2c(c1)CCC2)NCC1CCN(S(=O)(=O)C(F)(F)F)CC1. The quantitative estimate of drug-likeness (QED) is 0.554. The molecule has 0 saturated carbocycles. The van der Waals surface area contributed by atoms with Gasteiger partial charge in [-0.1, -0.05) is 18.2 Å². The van der Waals surface area contributed by atoms with Crippen LogP contribution in [0.4, 0.5) is 13.2 Å². The fourth-order valence-corrected chi connectivity index (χ4v) is 4.87. The van der Waals surface area contributed by atoms with E-state index in [0.717, 1.165) is 12.8 Å². The maximum atomic E-state index is 12.6. The molecule has 0 amide bonds. The van der Waals surface area contributed by atoms with Crippen molar-refractivity contribution < 1.29 is 21.6 Å². The molecule has 2 N–H and O–H groups in total. The predicted molar refractivity (Wildman–Crippen MR) is 106 cm³/mol. The average Bonchev–Trinajstić information content (AvgIpc) is 3.15. The second kappa shape index (κ2) is 8.91. The molecule has 1 aromatic carbocycles. The average molecular weight is 433 g/mol. The first-order valence-electron chi connectivity index (χ1n) is 9.82. The molecular formula is C19H27F3N4O2S. The second-order valence-corrected chi connectivity index (χ2v) is 9.49. The Bertz CT molecular complexity index is 848. The predicted octanol–water partition coefficient (Wildman–Crippen LogP) is 2.40. The Kier molecular flexibility index (Phi) is 6.72. The highest BCUT2D eigenvalue weighted by Crippen LogP contribution is 2.30. The molecule has 10 heteroatoms. The van der Waals surface area contributed by atoms with E-state index in [2.05, 4.69) is 33.8 Å². The number of guanidine groups is 1. The van der Waals surface area contributed by atoms with Gasteiger partial charge < -0.3 is 10.6 Å². The molecule has 1 fully saturated rings. The lowest BCUT2D eigenvalue weighted by Crippen LogP contribution is -2.47. The lowest BCUT2D eigenvalue weighted by Gasteiger charge is -2.31. The molecule has 162 valence electrons. The Labute approximate surface area is 169 Å². The van der Waals surface area contributed by atoms with E-state index in [-0.39, 0.29) is 19.0 Å². The summed E-state index contributed by atoms with van der Waals surface area (Å²) < 4.78 is 61.4. The summed E-state index contributed by atoms with van der Waals surface area (Å²) in [5.74, 6) is 0.712. The van der Waals surface area contributed by atoms with E-state index in [4.69, 9.17) is 0 Å². The van der Waals surface area contributed by atoms with Gasteiger partial charge >= 0.3 is 15.5 Å². The van der Waals surface area contributed by atoms with E-state index in [1.807, 2.05) is 0 Å². The molecule has 1 aliphatic carbocycles. The van der Waals surface area contributed by atoms with E-state index in [9.17, 15) is 21.6 Å². The third-order valence-corrected chi connectivity index (χ3v) is 7.24. The monoisotopic (exact) mass is 432 g/mol. The van der Waals surface area contributed by atoms with Crippen LogP contribution in [0, 0.1) is 5.92 Å². The summed E-state index contributed by atoms with van der Waals surface area (Å²) in [5.41, 5.74) is -1.22. The van der Waals surface area contributed by atoms with Gasteiger partial charge in [-0.25, -0.2) is 8.42 Å². The van der Waals surface area contributed by atoms with Crippen molar-refractivity contribution in [3.05, 3.63) is 34.9 Å². The molecule has 1 heterocycles. The van der Waals surface area contributed by atoms with Crippen molar-refractivity contribution in [3.8, 4) is 0 Å². The number of hydrogen-bond donors (Lipinski definition) is 2. The molecule has 1 aliphatic heterocycles. The van der Waals surface area contributed by atoms with Gasteiger partial charge in [-0.3, -0.25) is 4.99 Å². The molecule has 0 radical (unpaired) electrons. The van der Waals surface area contributed by atoms with Crippen LogP contribution in [0.1, 0.15) is 36.0 Å². The Morgan fingerprint density at radius 3 is 2.52 bits per heavy atom. The molecular weight excluding hydrogens is 405 g/mol. The number of alkyl halides is 3. The summed E-state index contributed by atoms with van der Waals surface area (Å²) >= 11 is 0. The smallest absolute Gasteiger partial charge is 0.356 e. The zero-order chi connectivity index (χ0) is 21.1. The Morgan fingerprint density at radius 1 is 1.17 bits per heavy atom. The molecule has 0 aromatic heterocycles. The van der Waals surface area contributed by atoms with Gasteiger partial charge in [-0.2, -0.15) is 17.5 Å². The number of nitrogens with zero attached hydrogens (tertiary/aromatic N) is 2. The molecule has 0 bridgehead atoms. The summed E-state index contributed by atoms with van der Waals surface area (Å²) in [6.07, 6.45) is 4.24. The third-order valence-electron chi connectivity index (χ3n) is 5.61. The third kappa shape index (κ3) is 5.22. The van der Waals surface area contributed by atoms with E-state index in [1.54, 1.807) is 7.05 Å². The normalized spacial score (nSPS) is 19.2. The first-order chi connectivity index (χ1) is 13.7. The number of aryl methyl sites for hydroxylation is 2. The van der Waals surface area contributed by atoms with Crippen LogP contribution in [-0.2, 0) is 29.4 Å². The number of rotatable bonds is 5. The molecule has 1 saturated heterocycles. The first kappa shape index (κ1) is 21.9. The van der Waals surface area contributed by atoms with Crippen LogP contribution < -0.4 is 10.6 Å². The summed E-state index contributed by atoms with van der Waals surface area (Å²) in [6, 6.07) is 6.51. The zero-order valence-corrected chi connectivity index (χ0v) is 17.2. The van der Waals surface area contributed by atoms with Gasteiger partial charge in [-0.05, 0) is 54.7 Å². The van der Waals surface area contributed by atoms with Crippen LogP contribution in [0.25, 0.3) is 0 Å². The van der Waals surface area contributed by atoms with Crippen molar-refractivity contribution in [2.75, 3.05) is 26.7 Å². The van der Waals surface area contributed by atoms with Crippen LogP contribution in [0.3, 0.4) is 0 Å². The van der Waals surface area contributed by atoms with E-state index in [0.29, 0.717) is 36.2 Å². The number of nitrogens with one attached hydrogen (secondary N) is 2. The maximum absolute atomic E-state index is 12.6. The number of aliphatic imine (C=N–C) groups is 1. The van der Waals surface area contributed by atoms with E-state index < -0.39 is 15.5 Å². The summed E-state index contributed by atoms with van der Waals surface area (Å²) in [5, 5.41) is 6.45. The van der Waals surface area contributed by atoms with Gasteiger partial charge in [0, 0.05) is 33.2 Å². The Balaban J connectivity index is 1.44. The lowest BCUT2D eigenvalue weighted by molar-refractivity contribution is -0.0496. The van der Waals surface area contributed by atoms with Crippen molar-refractivity contribution in [1.82, 2.24) is 14.9 Å². The van der Waals surface area contributed by atoms with Crippen molar-refractivity contribution >= 4 is 16.0 Å². The largest absolute Gasteiger partial charge is 0.511 e. The molecule has 29 heavy (non-hydrogen) atoms. The minimum absolute atomic E-state index is 0.0910. The van der Waals surface area contributed by atoms with Crippen LogP contribution in [0.5, 0.6) is 0 Å². The lowest BCUT2D eigenvalue weighted by atomic mass is 9.98. The van der Waals surface area contributed by atoms with Crippen molar-refractivity contribution in [2.45, 2.75) is 44.2 Å². The van der Waals surface area contributed by atoms with Crippen LogP contribution >= 0.6 is 0 Å². The molecule has 0 spiro atoms. The highest BCUT2D eigenvalue weighted by molar-refractivity contribution is 7.90. The fraction of sp³-hybridized carbons (Fsp3) is 0.632. The fourth-order valence-electron chi connectivity index (χ4n) is 3.88. The van der Waals surface area contributed by atoms with Crippen LogP contribution in [0.15, 0.2) is 23.2 Å². The van der Waals surface area contributed by atoms with Crippen molar-refractivity contribution in [2.24, 2.45) is 10.9 Å². The number of fused-ring (bicyclic) bond motifs is 1. The highest BCUT2D eigenvalue weighted by Gasteiger charge is 2.50. The van der Waals surface area contributed by atoms with E-state index in [1.165, 1.54) is 23.1 Å². The summed E-state index contributed by atoms with van der Waals surface area (Å²) in [7, 11) is -3.56. The van der Waals surface area contributed by atoms with Crippen LogP contribution in [-0.4, -0.2) is 50.9 Å². The second-order valence-electron chi connectivity index (χ2n) is 7.56. The Morgan fingerprint density at radius 2 is 1.86 bits per heavy atom. The van der Waals surface area contributed by atoms with Crippen LogP contribution in [0.2, 0.25) is 0 Å². The highest BCUT2D eigenvalue weighted by atomic mass is 32.2. The maximum Gasteiger partial charge on any atom is 0.511 e. The van der Waals surface area contributed by atoms with Gasteiger partial charge in [0.1, 0.15) is 0 Å². The topological polar surface area (TPSA) is 73.8 Å². The number of sulfonamides is 1. The van der Waals surface area contributed by atoms with Gasteiger partial charge in [0.25, 0.3) is 0 Å². The van der Waals surface area contributed by atoms with Crippen molar-refractivity contribution in [3.63, 3.8) is 0 Å². The Hall–Kier alpha value is -1.81. The van der Waals surface area contributed by atoms with E-state index >= 15 is 0 Å². The molecule has 0 unspecified atom stereocenters. The molecule has 1 aromatic rings. The number of benzene rings is 1. The van der Waals surface area contributed by atoms with Gasteiger partial charge in [0.2, 0.25) is 0 Å². The number of piperidine rings is 1. The molecule has 0 atom stereocenters.